The van der Waals surface area contributed by atoms with Crippen LogP contribution in [0.25, 0.3) is 0 Å². The number of carbonyl (C=O) groups is 3. The van der Waals surface area contributed by atoms with Gasteiger partial charge in [-0.05, 0) is 141 Å². The van der Waals surface area contributed by atoms with E-state index >= 15 is 0 Å². The second-order valence-corrected chi connectivity index (χ2v) is 30.4. The van der Waals surface area contributed by atoms with Gasteiger partial charge in [0.25, 0.3) is 0 Å². The van der Waals surface area contributed by atoms with E-state index in [0.29, 0.717) is 19.3 Å². The first-order valence-electron chi connectivity index (χ1n) is 41.8. The smallest absolute Gasteiger partial charge is 0.463 e. The molecule has 5 atom stereocenters. The maximum atomic E-state index is 12.9. The number of phosphoric acid groups is 2. The molecular formula is C89H150O16P2. The van der Waals surface area contributed by atoms with E-state index in [1.54, 1.807) is 0 Å². The summed E-state index contributed by atoms with van der Waals surface area (Å²) in [5.74, 6) is -1.62. The molecule has 0 rings (SSSR count). The summed E-state index contributed by atoms with van der Waals surface area (Å²) in [6, 6.07) is 0. The number of ether oxygens (including phenoxy) is 3. The van der Waals surface area contributed by atoms with Crippen LogP contribution in [0.3, 0.4) is 0 Å². The normalized spacial score (nSPS) is 14.7. The van der Waals surface area contributed by atoms with Crippen LogP contribution in [0.4, 0.5) is 0 Å². The van der Waals surface area contributed by atoms with Crippen molar-refractivity contribution in [1.82, 2.24) is 0 Å². The summed E-state index contributed by atoms with van der Waals surface area (Å²) in [7, 11) is -9.81. The number of hydrogen-bond donors (Lipinski definition) is 4. The van der Waals surface area contributed by atoms with E-state index in [2.05, 4.69) is 179 Å². The number of carbonyl (C=O) groups excluding carboxylic acids is 3. The number of hydrogen-bond acceptors (Lipinski definition) is 14. The summed E-state index contributed by atoms with van der Waals surface area (Å²) in [5, 5.41) is 20.7. The van der Waals surface area contributed by atoms with Gasteiger partial charge < -0.3 is 34.2 Å². The van der Waals surface area contributed by atoms with Gasteiger partial charge in [-0.25, -0.2) is 9.13 Å². The molecule has 0 aromatic heterocycles. The largest absolute Gasteiger partial charge is 0.472 e. The quantitative estimate of drug-likeness (QED) is 0.0146. The van der Waals surface area contributed by atoms with Crippen molar-refractivity contribution in [2.24, 2.45) is 0 Å². The standard InChI is InChI=1S/C89H150O16P2/c1-4-7-10-13-16-19-22-25-27-29-31-33-35-36-37-38-39-40-41-42-43-44-45-46-48-50-51-53-55-58-60-63-66-69-72-75-87(92)99-78-84(90)79-101-106(95,96)102-80-85(91)81-103-107(97,98)104-83-86(105-89(94)77-74-71-68-65-62-57-24-21-18-15-12-9-6-3)82-100-88(93)76-73-70-67-64-61-59-56-54-52-49-47-34-32-30-28-26-23-20-17-14-11-8-5-2/h7-8,10-12,15-17,19-21,24-28,31-34,36-37,49,52,56,59,84-86,90-91H,4-6,9,13-14,18,22-23,29-30,35,38-48,50-51,53-55,57-58,60-83H2,1-3H3,(H,95,96)(H,97,98)/b10-7-,11-8-,15-12-,19-16-,20-17-,24-21-,27-25-,28-26-,33-31-,34-32-,37-36-,52-49-,59-56-. The maximum Gasteiger partial charge on any atom is 0.472 e. The van der Waals surface area contributed by atoms with Crippen molar-refractivity contribution in [3.05, 3.63) is 158 Å². The Morgan fingerprint density at radius 2 is 0.495 bits per heavy atom. The van der Waals surface area contributed by atoms with Gasteiger partial charge in [-0.15, -0.1) is 0 Å². The Hall–Kier alpha value is -4.83. The molecule has 612 valence electrons. The number of unbranched alkanes of at least 4 members (excludes halogenated alkanes) is 29. The van der Waals surface area contributed by atoms with Crippen LogP contribution in [-0.4, -0.2) is 95.9 Å². The first-order valence-corrected chi connectivity index (χ1v) is 44.8. The highest BCUT2D eigenvalue weighted by Gasteiger charge is 2.29. The van der Waals surface area contributed by atoms with Gasteiger partial charge in [-0.1, -0.05) is 326 Å². The Labute approximate surface area is 650 Å². The molecule has 18 heteroatoms. The minimum Gasteiger partial charge on any atom is -0.463 e. The lowest BCUT2D eigenvalue weighted by molar-refractivity contribution is -0.161. The van der Waals surface area contributed by atoms with Gasteiger partial charge in [0.15, 0.2) is 6.10 Å². The predicted molar refractivity (Wildman–Crippen MR) is 445 cm³/mol. The highest BCUT2D eigenvalue weighted by molar-refractivity contribution is 7.47. The van der Waals surface area contributed by atoms with Crippen molar-refractivity contribution < 1.29 is 75.8 Å². The lowest BCUT2D eigenvalue weighted by atomic mass is 10.0. The fraction of sp³-hybridized carbons (Fsp3) is 0.674. The number of aliphatic hydroxyl groups is 2. The Balaban J connectivity index is 4.41. The van der Waals surface area contributed by atoms with Crippen LogP contribution in [0.2, 0.25) is 0 Å². The Bertz CT molecular complexity index is 2580. The predicted octanol–water partition coefficient (Wildman–Crippen LogP) is 25.0. The molecule has 16 nitrogen and oxygen atoms in total. The van der Waals surface area contributed by atoms with E-state index in [1.807, 2.05) is 0 Å². The zero-order valence-corrected chi connectivity index (χ0v) is 68.8. The molecule has 0 aromatic rings. The summed E-state index contributed by atoms with van der Waals surface area (Å²) in [6.07, 6.45) is 102. The van der Waals surface area contributed by atoms with E-state index < -0.39 is 91.5 Å². The highest BCUT2D eigenvalue weighted by atomic mass is 31.2. The van der Waals surface area contributed by atoms with E-state index in [4.69, 9.17) is 32.3 Å². The third-order valence-electron chi connectivity index (χ3n) is 17.2. The van der Waals surface area contributed by atoms with Crippen molar-refractivity contribution in [2.45, 2.75) is 347 Å². The van der Waals surface area contributed by atoms with Crippen LogP contribution in [0.1, 0.15) is 329 Å². The zero-order chi connectivity index (χ0) is 78.0. The van der Waals surface area contributed by atoms with Crippen molar-refractivity contribution in [1.29, 1.82) is 0 Å². The van der Waals surface area contributed by atoms with E-state index in [9.17, 15) is 43.5 Å². The van der Waals surface area contributed by atoms with Gasteiger partial charge in [0.2, 0.25) is 0 Å². The van der Waals surface area contributed by atoms with Gasteiger partial charge in [0, 0.05) is 19.3 Å². The number of rotatable bonds is 78. The van der Waals surface area contributed by atoms with Crippen LogP contribution in [0.5, 0.6) is 0 Å². The number of aliphatic hydroxyl groups excluding tert-OH is 2. The van der Waals surface area contributed by atoms with Crippen molar-refractivity contribution in [2.75, 3.05) is 39.6 Å². The Kier molecular flexibility index (Phi) is 77.0. The summed E-state index contributed by atoms with van der Waals surface area (Å²) < 4.78 is 61.1. The van der Waals surface area contributed by atoms with Gasteiger partial charge in [-0.3, -0.25) is 32.5 Å². The second kappa shape index (κ2) is 80.7. The molecule has 0 saturated carbocycles. The topological polar surface area (TPSA) is 231 Å². The van der Waals surface area contributed by atoms with Gasteiger partial charge >= 0.3 is 33.6 Å². The number of allylic oxidation sites excluding steroid dienone is 26. The molecule has 5 unspecified atom stereocenters. The van der Waals surface area contributed by atoms with Crippen molar-refractivity contribution in [3.8, 4) is 0 Å². The Morgan fingerprint density at radius 3 is 0.785 bits per heavy atom. The van der Waals surface area contributed by atoms with E-state index in [1.165, 1.54) is 103 Å². The molecule has 0 aliphatic rings. The van der Waals surface area contributed by atoms with Gasteiger partial charge in [0.05, 0.1) is 26.4 Å². The molecule has 0 saturated heterocycles. The van der Waals surface area contributed by atoms with Crippen LogP contribution in [0, 0.1) is 0 Å². The minimum absolute atomic E-state index is 0.0783. The first kappa shape index (κ1) is 102. The minimum atomic E-state index is -4.94. The second-order valence-electron chi connectivity index (χ2n) is 27.5. The maximum absolute atomic E-state index is 12.9. The molecule has 0 amide bonds. The molecule has 0 radical (unpaired) electrons. The third-order valence-corrected chi connectivity index (χ3v) is 19.1. The fourth-order valence-electron chi connectivity index (χ4n) is 10.9. The lowest BCUT2D eigenvalue weighted by Crippen LogP contribution is -2.30. The zero-order valence-electron chi connectivity index (χ0n) is 67.0. The average Bonchev–Trinajstić information content (AvgIpc) is 0.914. The molecule has 0 heterocycles. The molecule has 0 bridgehead atoms. The third kappa shape index (κ3) is 82.0. The van der Waals surface area contributed by atoms with E-state index in [0.717, 1.165) is 167 Å². The van der Waals surface area contributed by atoms with Crippen LogP contribution < -0.4 is 0 Å². The van der Waals surface area contributed by atoms with Crippen LogP contribution in [-0.2, 0) is 55.8 Å². The SMILES string of the molecule is CC/C=C\C/C=C\C/C=C\C/C=C\C/C=C\C/C=C\CCCCCCC(=O)OCC(COP(=O)(O)OCC(O)COP(=O)(O)OCC(O)COC(=O)CCCCCCCCCCCCCCCCCCCCC/C=C\C/C=C\C/C=C\C/C=C\C/C=C\CC)OC(=O)CCCCCCC/C=C\C/C=C\CCC. The molecule has 4 N–H and O–H groups in total. The molecule has 0 spiro atoms. The van der Waals surface area contributed by atoms with Crippen LogP contribution >= 0.6 is 15.6 Å². The molecule has 107 heavy (non-hydrogen) atoms. The molecule has 0 aliphatic carbocycles. The summed E-state index contributed by atoms with van der Waals surface area (Å²) >= 11 is 0. The summed E-state index contributed by atoms with van der Waals surface area (Å²) in [6.45, 7) is 2.35. The van der Waals surface area contributed by atoms with Crippen molar-refractivity contribution >= 4 is 33.6 Å². The summed E-state index contributed by atoms with van der Waals surface area (Å²) in [4.78, 5) is 58.7. The fourth-order valence-corrected chi connectivity index (χ4v) is 12.5. The number of esters is 3. The molecule has 0 fully saturated rings. The van der Waals surface area contributed by atoms with Gasteiger partial charge in [0.1, 0.15) is 25.4 Å². The number of phosphoric ester groups is 2. The van der Waals surface area contributed by atoms with Gasteiger partial charge in [-0.2, -0.15) is 0 Å². The van der Waals surface area contributed by atoms with E-state index in [-0.39, 0.29) is 19.3 Å². The first-order chi connectivity index (χ1) is 52.2. The average molecular weight is 1540 g/mol. The lowest BCUT2D eigenvalue weighted by Gasteiger charge is -2.21. The highest BCUT2D eigenvalue weighted by Crippen LogP contribution is 2.45. The summed E-state index contributed by atoms with van der Waals surface area (Å²) in [5.41, 5.74) is 0. The molecule has 0 aliphatic heterocycles. The molecular weight excluding hydrogens is 1390 g/mol. The van der Waals surface area contributed by atoms with Crippen molar-refractivity contribution in [3.63, 3.8) is 0 Å². The monoisotopic (exact) mass is 1540 g/mol. The van der Waals surface area contributed by atoms with Crippen LogP contribution in [0.15, 0.2) is 158 Å². The molecule has 0 aromatic carbocycles. The Morgan fingerprint density at radius 1 is 0.271 bits per heavy atom.